The van der Waals surface area contributed by atoms with Crippen molar-refractivity contribution in [3.8, 4) is 0 Å². The molecule has 0 aliphatic carbocycles. The highest BCUT2D eigenvalue weighted by Gasteiger charge is 2.11. The van der Waals surface area contributed by atoms with E-state index in [0.29, 0.717) is 0 Å². The minimum absolute atomic E-state index is 0.742. The van der Waals surface area contributed by atoms with E-state index in [1.54, 1.807) is 11.3 Å². The molecule has 0 N–H and O–H groups in total. The van der Waals surface area contributed by atoms with Crippen molar-refractivity contribution in [2.24, 2.45) is 5.16 Å². The summed E-state index contributed by atoms with van der Waals surface area (Å²) in [6.07, 6.45) is 0.958. The van der Waals surface area contributed by atoms with Crippen LogP contribution >= 0.6 is 11.3 Å². The Morgan fingerprint density at radius 3 is 3.00 bits per heavy atom. The lowest BCUT2D eigenvalue weighted by molar-refractivity contribution is 0.174. The van der Waals surface area contributed by atoms with Crippen molar-refractivity contribution < 1.29 is 4.84 Å². The molecule has 2 rings (SSSR count). The van der Waals surface area contributed by atoms with Gasteiger partial charge in [-0.05, 0) is 19.1 Å². The van der Waals surface area contributed by atoms with Gasteiger partial charge >= 0.3 is 0 Å². The van der Waals surface area contributed by atoms with Gasteiger partial charge in [-0.1, -0.05) is 5.16 Å². The summed E-state index contributed by atoms with van der Waals surface area (Å²) in [7, 11) is 0. The molecule has 1 aromatic heterocycles. The van der Waals surface area contributed by atoms with Gasteiger partial charge in [-0.25, -0.2) is 0 Å². The molecule has 0 fully saturated rings. The second-order valence-electron chi connectivity index (χ2n) is 2.53. The quantitative estimate of drug-likeness (QED) is 0.628. The number of nitrogens with zero attached hydrogens (tertiary/aromatic N) is 1. The second kappa shape index (κ2) is 2.66. The summed E-state index contributed by atoms with van der Waals surface area (Å²) in [5.74, 6) is 0. The molecule has 0 amide bonds. The molecule has 0 radical (unpaired) electrons. The zero-order chi connectivity index (χ0) is 7.68. The minimum atomic E-state index is 0.742. The molecule has 0 saturated carbocycles. The van der Waals surface area contributed by atoms with Crippen LogP contribution in [0, 0.1) is 6.92 Å². The molecule has 0 aromatic carbocycles. The summed E-state index contributed by atoms with van der Waals surface area (Å²) in [4.78, 5) is 7.49. The molecule has 1 aliphatic rings. The fraction of sp³-hybridized carbons (Fsp3) is 0.375. The van der Waals surface area contributed by atoms with E-state index in [2.05, 4.69) is 24.2 Å². The van der Waals surface area contributed by atoms with Crippen molar-refractivity contribution in [2.45, 2.75) is 13.3 Å². The monoisotopic (exact) mass is 167 g/mol. The van der Waals surface area contributed by atoms with Crippen LogP contribution in [0.2, 0.25) is 0 Å². The Bertz CT molecular complexity index is 290. The normalized spacial score (nSPS) is 16.3. The molecule has 58 valence electrons. The molecule has 2 heterocycles. The highest BCUT2D eigenvalue weighted by Crippen LogP contribution is 2.19. The number of aryl methyl sites for hydroxylation is 1. The van der Waals surface area contributed by atoms with Gasteiger partial charge in [-0.2, -0.15) is 0 Å². The van der Waals surface area contributed by atoms with Gasteiger partial charge in [0.15, 0.2) is 0 Å². The topological polar surface area (TPSA) is 21.6 Å². The number of oxime groups is 1. The van der Waals surface area contributed by atoms with Crippen molar-refractivity contribution in [3.05, 3.63) is 21.9 Å². The molecule has 0 bridgehead atoms. The fourth-order valence-electron chi connectivity index (χ4n) is 1.07. The van der Waals surface area contributed by atoms with Gasteiger partial charge in [0.1, 0.15) is 12.3 Å². The van der Waals surface area contributed by atoms with E-state index in [1.165, 1.54) is 9.75 Å². The first kappa shape index (κ1) is 6.85. The van der Waals surface area contributed by atoms with E-state index in [9.17, 15) is 0 Å². The number of hydrogen-bond acceptors (Lipinski definition) is 3. The van der Waals surface area contributed by atoms with Gasteiger partial charge in [0.2, 0.25) is 0 Å². The van der Waals surface area contributed by atoms with E-state index < -0.39 is 0 Å². The lowest BCUT2D eigenvalue weighted by Gasteiger charge is -1.87. The van der Waals surface area contributed by atoms with Gasteiger partial charge in [-0.3, -0.25) is 0 Å². The third-order valence-electron chi connectivity index (χ3n) is 1.63. The number of rotatable bonds is 1. The highest BCUT2D eigenvalue weighted by atomic mass is 32.1. The van der Waals surface area contributed by atoms with Crippen LogP contribution in [0.1, 0.15) is 16.2 Å². The highest BCUT2D eigenvalue weighted by molar-refractivity contribution is 7.14. The smallest absolute Gasteiger partial charge is 0.122 e. The average molecular weight is 167 g/mol. The van der Waals surface area contributed by atoms with Crippen molar-refractivity contribution in [2.75, 3.05) is 6.61 Å². The number of thiophene rings is 1. The number of hydrogen-bond donors (Lipinski definition) is 0. The Kier molecular flexibility index (Phi) is 1.66. The maximum absolute atomic E-state index is 4.92. The summed E-state index contributed by atoms with van der Waals surface area (Å²) in [5, 5.41) is 3.95. The molecule has 2 nitrogen and oxygen atoms in total. The van der Waals surface area contributed by atoms with Crippen LogP contribution in [0.5, 0.6) is 0 Å². The molecule has 1 aromatic rings. The van der Waals surface area contributed by atoms with Gasteiger partial charge in [-0.15, -0.1) is 11.3 Å². The van der Waals surface area contributed by atoms with Crippen LogP contribution in [-0.4, -0.2) is 12.3 Å². The van der Waals surface area contributed by atoms with Crippen LogP contribution in [0.15, 0.2) is 17.3 Å². The summed E-state index contributed by atoms with van der Waals surface area (Å²) in [6, 6.07) is 4.22. The van der Waals surface area contributed by atoms with Crippen molar-refractivity contribution >= 4 is 17.0 Å². The lowest BCUT2D eigenvalue weighted by Crippen LogP contribution is -1.92. The van der Waals surface area contributed by atoms with Crippen molar-refractivity contribution in [3.63, 3.8) is 0 Å². The van der Waals surface area contributed by atoms with Crippen LogP contribution in [-0.2, 0) is 4.84 Å². The predicted octanol–water partition coefficient (Wildman–Crippen LogP) is 2.18. The van der Waals surface area contributed by atoms with Crippen LogP contribution in [0.25, 0.3) is 0 Å². The first-order chi connectivity index (χ1) is 5.36. The molecular formula is C8H9NOS. The Labute approximate surface area is 69.5 Å². The maximum atomic E-state index is 4.92. The third-order valence-corrected chi connectivity index (χ3v) is 2.68. The van der Waals surface area contributed by atoms with Gasteiger partial charge in [0, 0.05) is 11.3 Å². The Balaban J connectivity index is 2.28. The van der Waals surface area contributed by atoms with Crippen LogP contribution in [0.3, 0.4) is 0 Å². The standard InChI is InChI=1S/C8H9NOS/c1-6-2-3-8(11-6)7-4-5-10-9-7/h2-3H,4-5H2,1H3. The molecule has 0 atom stereocenters. The second-order valence-corrected chi connectivity index (χ2v) is 3.82. The Hall–Kier alpha value is -0.830. The predicted molar refractivity (Wildman–Crippen MR) is 46.2 cm³/mol. The minimum Gasteiger partial charge on any atom is -0.395 e. The largest absolute Gasteiger partial charge is 0.395 e. The molecule has 3 heteroatoms. The molecule has 1 aliphatic heterocycles. The molecule has 0 spiro atoms. The van der Waals surface area contributed by atoms with Gasteiger partial charge < -0.3 is 4.84 Å². The maximum Gasteiger partial charge on any atom is 0.122 e. The van der Waals surface area contributed by atoms with E-state index in [4.69, 9.17) is 4.84 Å². The van der Waals surface area contributed by atoms with E-state index in [-0.39, 0.29) is 0 Å². The molecular weight excluding hydrogens is 158 g/mol. The van der Waals surface area contributed by atoms with E-state index >= 15 is 0 Å². The SMILES string of the molecule is Cc1ccc(C2=NOCC2)s1. The van der Waals surface area contributed by atoms with Crippen molar-refractivity contribution in [1.29, 1.82) is 0 Å². The summed E-state index contributed by atoms with van der Waals surface area (Å²) in [5.41, 5.74) is 1.10. The van der Waals surface area contributed by atoms with E-state index in [1.807, 2.05) is 0 Å². The molecule has 11 heavy (non-hydrogen) atoms. The fourth-order valence-corrected chi connectivity index (χ4v) is 1.95. The molecule has 0 unspecified atom stereocenters. The van der Waals surface area contributed by atoms with Gasteiger partial charge in [0.25, 0.3) is 0 Å². The van der Waals surface area contributed by atoms with Crippen LogP contribution in [0.4, 0.5) is 0 Å². The van der Waals surface area contributed by atoms with Gasteiger partial charge in [0.05, 0.1) is 4.88 Å². The van der Waals surface area contributed by atoms with Crippen molar-refractivity contribution in [1.82, 2.24) is 0 Å². The first-order valence-corrected chi connectivity index (χ1v) is 4.43. The lowest BCUT2D eigenvalue weighted by atomic mass is 10.2. The zero-order valence-electron chi connectivity index (χ0n) is 6.33. The average Bonchev–Trinajstić information content (AvgIpc) is 2.55. The summed E-state index contributed by atoms with van der Waals surface area (Å²) < 4.78 is 0. The third kappa shape index (κ3) is 1.28. The van der Waals surface area contributed by atoms with Crippen LogP contribution < -0.4 is 0 Å². The Morgan fingerprint density at radius 2 is 2.45 bits per heavy atom. The van der Waals surface area contributed by atoms with E-state index in [0.717, 1.165) is 18.7 Å². The molecule has 0 saturated heterocycles. The zero-order valence-corrected chi connectivity index (χ0v) is 7.15. The summed E-state index contributed by atoms with van der Waals surface area (Å²) >= 11 is 1.77. The first-order valence-electron chi connectivity index (χ1n) is 3.62. The summed E-state index contributed by atoms with van der Waals surface area (Å²) in [6.45, 7) is 2.84. The Morgan fingerprint density at radius 1 is 1.55 bits per heavy atom.